The van der Waals surface area contributed by atoms with Gasteiger partial charge < -0.3 is 10.8 Å². The highest BCUT2D eigenvalue weighted by Crippen LogP contribution is 2.31. The van der Waals surface area contributed by atoms with Crippen molar-refractivity contribution in [3.63, 3.8) is 0 Å². The molecule has 4 heteroatoms. The number of hydrogen-bond donors (Lipinski definition) is 2. The second kappa shape index (κ2) is 7.62. The minimum Gasteiger partial charge on any atom is -0.507 e. The van der Waals surface area contributed by atoms with Gasteiger partial charge in [0.2, 0.25) is 0 Å². The summed E-state index contributed by atoms with van der Waals surface area (Å²) in [6.45, 7) is 6.43. The number of rotatable bonds is 4. The first-order valence-corrected chi connectivity index (χ1v) is 7.46. The minimum atomic E-state index is -0.112. The lowest BCUT2D eigenvalue weighted by Crippen LogP contribution is -2.15. The van der Waals surface area contributed by atoms with E-state index in [0.29, 0.717) is 11.1 Å². The van der Waals surface area contributed by atoms with Crippen LogP contribution in [0.2, 0.25) is 0 Å². The van der Waals surface area contributed by atoms with E-state index in [0.717, 1.165) is 11.1 Å². The number of phenolic OH excluding ortho intramolecular Hbond substituents is 1. The Labute approximate surface area is 143 Å². The van der Waals surface area contributed by atoms with E-state index in [1.807, 2.05) is 36.4 Å². The van der Waals surface area contributed by atoms with E-state index < -0.39 is 0 Å². The van der Waals surface area contributed by atoms with Crippen LogP contribution in [0.1, 0.15) is 47.8 Å². The molecule has 0 heterocycles. The lowest BCUT2D eigenvalue weighted by Gasteiger charge is -2.22. The van der Waals surface area contributed by atoms with Crippen molar-refractivity contribution in [2.45, 2.75) is 39.2 Å². The fraction of sp³-hybridized carbons (Fsp3) is 0.316. The van der Waals surface area contributed by atoms with Crippen molar-refractivity contribution in [1.82, 2.24) is 0 Å². The third-order valence-corrected chi connectivity index (χ3v) is 3.78. The molecule has 0 radical (unpaired) electrons. The molecule has 2 rings (SSSR count). The van der Waals surface area contributed by atoms with Crippen LogP contribution in [-0.2, 0) is 18.4 Å². The van der Waals surface area contributed by atoms with Gasteiger partial charge >= 0.3 is 0 Å². The normalized spacial score (nSPS) is 11.0. The van der Waals surface area contributed by atoms with Gasteiger partial charge in [0.25, 0.3) is 0 Å². The lowest BCUT2D eigenvalue weighted by atomic mass is 9.83. The first-order valence-electron chi connectivity index (χ1n) is 7.46. The molecule has 0 amide bonds. The van der Waals surface area contributed by atoms with Crippen LogP contribution in [0.5, 0.6) is 5.75 Å². The molecule has 0 aromatic heterocycles. The molecule has 23 heavy (non-hydrogen) atoms. The molecule has 3 N–H and O–H groups in total. The third kappa shape index (κ3) is 4.57. The molecule has 3 nitrogen and oxygen atoms in total. The van der Waals surface area contributed by atoms with Gasteiger partial charge in [0, 0.05) is 18.5 Å². The Morgan fingerprint density at radius 3 is 2.26 bits per heavy atom. The van der Waals surface area contributed by atoms with Gasteiger partial charge in [-0.25, -0.2) is 0 Å². The van der Waals surface area contributed by atoms with Gasteiger partial charge in [-0.05, 0) is 22.6 Å². The molecule has 0 bridgehead atoms. The molecule has 0 saturated carbocycles. The molecule has 0 saturated heterocycles. The van der Waals surface area contributed by atoms with Crippen molar-refractivity contribution in [3.05, 3.63) is 64.7 Å². The Morgan fingerprint density at radius 1 is 1.13 bits per heavy atom. The zero-order valence-corrected chi connectivity index (χ0v) is 14.6. The first-order chi connectivity index (χ1) is 10.3. The molecule has 0 atom stereocenters. The molecule has 0 aliphatic heterocycles. The molecule has 0 spiro atoms. The SMILES string of the molecule is CC(C)(C)c1cc(CN)c(O)c(C(=O)Cc2ccccc2)c1.Cl. The predicted octanol–water partition coefficient (Wildman–Crippen LogP) is 4.00. The van der Waals surface area contributed by atoms with Gasteiger partial charge in [-0.1, -0.05) is 57.2 Å². The van der Waals surface area contributed by atoms with Crippen molar-refractivity contribution in [1.29, 1.82) is 0 Å². The number of aromatic hydroxyl groups is 1. The number of nitrogens with two attached hydrogens (primary N) is 1. The Kier molecular flexibility index (Phi) is 6.37. The van der Waals surface area contributed by atoms with Crippen LogP contribution in [-0.4, -0.2) is 10.9 Å². The number of halogens is 1. The summed E-state index contributed by atoms with van der Waals surface area (Å²) in [5.41, 5.74) is 8.51. The van der Waals surface area contributed by atoms with E-state index in [9.17, 15) is 9.90 Å². The molecule has 0 unspecified atom stereocenters. The monoisotopic (exact) mass is 333 g/mol. The average molecular weight is 334 g/mol. The number of ketones is 1. The van der Waals surface area contributed by atoms with Crippen LogP contribution in [0.25, 0.3) is 0 Å². The Balaban J connectivity index is 0.00000264. The van der Waals surface area contributed by atoms with Gasteiger partial charge in [-0.15, -0.1) is 12.4 Å². The van der Waals surface area contributed by atoms with E-state index in [2.05, 4.69) is 20.8 Å². The molecule has 0 aliphatic rings. The first kappa shape index (κ1) is 19.2. The summed E-state index contributed by atoms with van der Waals surface area (Å²) in [4.78, 5) is 12.6. The van der Waals surface area contributed by atoms with Crippen molar-refractivity contribution in [3.8, 4) is 5.75 Å². The van der Waals surface area contributed by atoms with Crippen LogP contribution in [0, 0.1) is 0 Å². The van der Waals surface area contributed by atoms with Crippen LogP contribution in [0.3, 0.4) is 0 Å². The van der Waals surface area contributed by atoms with Crippen LogP contribution in [0.15, 0.2) is 42.5 Å². The van der Waals surface area contributed by atoms with Gasteiger partial charge in [-0.3, -0.25) is 4.79 Å². The summed E-state index contributed by atoms with van der Waals surface area (Å²) < 4.78 is 0. The molecule has 2 aromatic carbocycles. The summed E-state index contributed by atoms with van der Waals surface area (Å²) in [6.07, 6.45) is 0.270. The van der Waals surface area contributed by atoms with Gasteiger partial charge in [-0.2, -0.15) is 0 Å². The molecule has 0 aliphatic carbocycles. The third-order valence-electron chi connectivity index (χ3n) is 3.78. The smallest absolute Gasteiger partial charge is 0.170 e. The average Bonchev–Trinajstić information content (AvgIpc) is 2.47. The molecule has 2 aromatic rings. The van der Waals surface area contributed by atoms with Crippen LogP contribution < -0.4 is 5.73 Å². The maximum Gasteiger partial charge on any atom is 0.170 e. The fourth-order valence-electron chi connectivity index (χ4n) is 2.37. The number of Topliss-reactive ketones (excluding diaryl/α,β-unsaturated/α-hetero) is 1. The summed E-state index contributed by atoms with van der Waals surface area (Å²) in [5, 5.41) is 10.3. The summed E-state index contributed by atoms with van der Waals surface area (Å²) in [5.74, 6) is -0.0825. The Hall–Kier alpha value is -1.84. The van der Waals surface area contributed by atoms with E-state index in [4.69, 9.17) is 5.73 Å². The van der Waals surface area contributed by atoms with E-state index in [1.165, 1.54) is 0 Å². The second-order valence-electron chi connectivity index (χ2n) is 6.57. The molecular weight excluding hydrogens is 310 g/mol. The maximum absolute atomic E-state index is 12.6. The highest BCUT2D eigenvalue weighted by molar-refractivity contribution is 6.00. The number of hydrogen-bond acceptors (Lipinski definition) is 3. The van der Waals surface area contributed by atoms with Crippen molar-refractivity contribution < 1.29 is 9.90 Å². The van der Waals surface area contributed by atoms with Gasteiger partial charge in [0.1, 0.15) is 5.75 Å². The highest BCUT2D eigenvalue weighted by atomic mass is 35.5. The van der Waals surface area contributed by atoms with Gasteiger partial charge in [0.15, 0.2) is 5.78 Å². The Bertz CT molecular complexity index is 676. The molecular formula is C19H24ClNO2. The quantitative estimate of drug-likeness (QED) is 0.831. The number of phenols is 1. The largest absolute Gasteiger partial charge is 0.507 e. The van der Waals surface area contributed by atoms with Crippen LogP contribution >= 0.6 is 12.4 Å². The van der Waals surface area contributed by atoms with E-state index >= 15 is 0 Å². The standard InChI is InChI=1S/C19H23NO2.ClH/c1-19(2,3)15-10-14(12-20)18(22)16(11-15)17(21)9-13-7-5-4-6-8-13;/h4-8,10-11,22H,9,12,20H2,1-3H3;1H. The fourth-order valence-corrected chi connectivity index (χ4v) is 2.37. The lowest BCUT2D eigenvalue weighted by molar-refractivity contribution is 0.0990. The Morgan fingerprint density at radius 2 is 1.74 bits per heavy atom. The summed E-state index contributed by atoms with van der Waals surface area (Å²) >= 11 is 0. The van der Waals surface area contributed by atoms with Gasteiger partial charge in [0.05, 0.1) is 5.56 Å². The highest BCUT2D eigenvalue weighted by Gasteiger charge is 2.21. The number of carbonyl (C=O) groups excluding carboxylic acids is 1. The van der Waals surface area contributed by atoms with Crippen molar-refractivity contribution >= 4 is 18.2 Å². The maximum atomic E-state index is 12.6. The minimum absolute atomic E-state index is 0. The van der Waals surface area contributed by atoms with Crippen LogP contribution in [0.4, 0.5) is 0 Å². The van der Waals surface area contributed by atoms with E-state index in [-0.39, 0.29) is 42.3 Å². The number of carbonyl (C=O) groups is 1. The zero-order valence-electron chi connectivity index (χ0n) is 13.8. The predicted molar refractivity (Wildman–Crippen MR) is 96.4 cm³/mol. The zero-order chi connectivity index (χ0) is 16.3. The molecule has 0 fully saturated rings. The van der Waals surface area contributed by atoms with Crippen molar-refractivity contribution in [2.75, 3.05) is 0 Å². The topological polar surface area (TPSA) is 63.3 Å². The summed E-state index contributed by atoms with van der Waals surface area (Å²) in [6, 6.07) is 13.2. The van der Waals surface area contributed by atoms with E-state index in [1.54, 1.807) is 6.07 Å². The van der Waals surface area contributed by atoms with Crippen molar-refractivity contribution in [2.24, 2.45) is 5.73 Å². The summed E-state index contributed by atoms with van der Waals surface area (Å²) in [7, 11) is 0. The molecule has 124 valence electrons. The number of benzene rings is 2. The second-order valence-corrected chi connectivity index (χ2v) is 6.57.